The molecule has 0 unspecified atom stereocenters. The summed E-state index contributed by atoms with van der Waals surface area (Å²) in [5, 5.41) is 16.1. The van der Waals surface area contributed by atoms with Gasteiger partial charge in [0, 0.05) is 13.1 Å². The number of aromatic nitrogens is 4. The molecule has 1 aliphatic heterocycles. The van der Waals surface area contributed by atoms with E-state index in [2.05, 4.69) is 25.5 Å². The highest BCUT2D eigenvalue weighted by atomic mass is 35.5. The predicted octanol–water partition coefficient (Wildman–Crippen LogP) is 3.79. The molecule has 1 aliphatic rings. The maximum absolute atomic E-state index is 13.0. The summed E-state index contributed by atoms with van der Waals surface area (Å²) in [5.74, 6) is 0.631. The fraction of sp³-hybridized carbons (Fsp3) is 0.333. The van der Waals surface area contributed by atoms with E-state index >= 15 is 0 Å². The van der Waals surface area contributed by atoms with Crippen LogP contribution in [0.4, 0.5) is 11.5 Å². The second kappa shape index (κ2) is 8.21. The molecule has 1 N–H and O–H groups in total. The van der Waals surface area contributed by atoms with Gasteiger partial charge in [0.2, 0.25) is 5.91 Å². The Morgan fingerprint density at radius 3 is 2.66 bits per heavy atom. The number of carbonyl (C=O) groups excluding carboxylic acids is 1. The quantitative estimate of drug-likeness (QED) is 0.708. The Kier molecular flexibility index (Phi) is 5.49. The Labute approximate surface area is 174 Å². The third-order valence-electron chi connectivity index (χ3n) is 5.27. The van der Waals surface area contributed by atoms with Crippen molar-refractivity contribution in [2.45, 2.75) is 26.7 Å². The predicted molar refractivity (Wildman–Crippen MR) is 114 cm³/mol. The average Bonchev–Trinajstić information content (AvgIpc) is 3.03. The standard InChI is InChI=1S/C21H23ClN6O/c1-14-20(15(2)28(26-14)17-8-4-3-5-9-17)23-21(29)16-7-6-12-27(13-16)19-11-10-18(22)24-25-19/h3-5,8-11,16H,6-7,12-13H2,1-2H3,(H,23,29)/t16-/m0/s1. The van der Waals surface area contributed by atoms with Crippen molar-refractivity contribution in [2.24, 2.45) is 5.92 Å². The van der Waals surface area contributed by atoms with Crippen LogP contribution < -0.4 is 10.2 Å². The van der Waals surface area contributed by atoms with Gasteiger partial charge in [-0.3, -0.25) is 4.79 Å². The molecule has 29 heavy (non-hydrogen) atoms. The summed E-state index contributed by atoms with van der Waals surface area (Å²) in [4.78, 5) is 15.1. The molecule has 150 valence electrons. The van der Waals surface area contributed by atoms with Crippen LogP contribution in [0.1, 0.15) is 24.2 Å². The Morgan fingerprint density at radius 1 is 1.14 bits per heavy atom. The summed E-state index contributed by atoms with van der Waals surface area (Å²) in [6.45, 7) is 5.34. The fourth-order valence-corrected chi connectivity index (χ4v) is 3.85. The highest BCUT2D eigenvalue weighted by Crippen LogP contribution is 2.26. The van der Waals surface area contributed by atoms with Gasteiger partial charge in [-0.2, -0.15) is 5.10 Å². The summed E-state index contributed by atoms with van der Waals surface area (Å²) >= 11 is 5.83. The van der Waals surface area contributed by atoms with Gasteiger partial charge in [0.25, 0.3) is 0 Å². The van der Waals surface area contributed by atoms with Gasteiger partial charge in [0.05, 0.1) is 28.7 Å². The third-order valence-corrected chi connectivity index (χ3v) is 5.48. The molecule has 3 heterocycles. The number of halogens is 1. The number of nitrogens with one attached hydrogen (secondary N) is 1. The molecule has 7 nitrogen and oxygen atoms in total. The molecule has 8 heteroatoms. The average molecular weight is 411 g/mol. The van der Waals surface area contributed by atoms with Crippen LogP contribution in [0.5, 0.6) is 0 Å². The van der Waals surface area contributed by atoms with Crippen LogP contribution in [0.3, 0.4) is 0 Å². The Hall–Kier alpha value is -2.93. The third kappa shape index (κ3) is 4.10. The Balaban J connectivity index is 1.49. The van der Waals surface area contributed by atoms with Crippen LogP contribution in [0.15, 0.2) is 42.5 Å². The molecule has 1 fully saturated rings. The minimum Gasteiger partial charge on any atom is -0.354 e. The van der Waals surface area contributed by atoms with Gasteiger partial charge in [0.15, 0.2) is 11.0 Å². The summed E-state index contributed by atoms with van der Waals surface area (Å²) in [5.41, 5.74) is 3.47. The van der Waals surface area contributed by atoms with Crippen molar-refractivity contribution >= 4 is 29.0 Å². The van der Waals surface area contributed by atoms with E-state index in [4.69, 9.17) is 11.6 Å². The number of benzene rings is 1. The van der Waals surface area contributed by atoms with E-state index in [0.717, 1.165) is 48.0 Å². The first kappa shape index (κ1) is 19.4. The normalized spacial score (nSPS) is 16.7. The van der Waals surface area contributed by atoms with Gasteiger partial charge in [-0.1, -0.05) is 29.8 Å². The molecule has 4 rings (SSSR count). The lowest BCUT2D eigenvalue weighted by atomic mass is 9.97. The van der Waals surface area contributed by atoms with Gasteiger partial charge in [-0.05, 0) is 51.0 Å². The lowest BCUT2D eigenvalue weighted by Gasteiger charge is -2.32. The largest absolute Gasteiger partial charge is 0.354 e. The molecule has 0 aliphatic carbocycles. The lowest BCUT2D eigenvalue weighted by Crippen LogP contribution is -2.41. The smallest absolute Gasteiger partial charge is 0.229 e. The first-order chi connectivity index (χ1) is 14.0. The molecular weight excluding hydrogens is 388 g/mol. The highest BCUT2D eigenvalue weighted by Gasteiger charge is 2.28. The zero-order valence-corrected chi connectivity index (χ0v) is 17.2. The van der Waals surface area contributed by atoms with E-state index < -0.39 is 0 Å². The van der Waals surface area contributed by atoms with Crippen molar-refractivity contribution in [3.8, 4) is 5.69 Å². The van der Waals surface area contributed by atoms with E-state index in [9.17, 15) is 4.79 Å². The number of carbonyl (C=O) groups is 1. The van der Waals surface area contributed by atoms with Crippen LogP contribution in [0.25, 0.3) is 5.69 Å². The summed E-state index contributed by atoms with van der Waals surface area (Å²) in [6, 6.07) is 13.5. The Morgan fingerprint density at radius 2 is 1.93 bits per heavy atom. The highest BCUT2D eigenvalue weighted by molar-refractivity contribution is 6.29. The zero-order chi connectivity index (χ0) is 20.4. The van der Waals surface area contributed by atoms with Gasteiger partial charge in [-0.15, -0.1) is 10.2 Å². The number of para-hydroxylation sites is 1. The number of rotatable bonds is 4. The molecule has 0 saturated carbocycles. The number of anilines is 2. The second-order valence-electron chi connectivity index (χ2n) is 7.28. The van der Waals surface area contributed by atoms with Crippen LogP contribution in [-0.4, -0.2) is 39.0 Å². The molecular formula is C21H23ClN6O. The molecule has 1 aromatic carbocycles. The molecule has 1 amide bonds. The van der Waals surface area contributed by atoms with Crippen molar-refractivity contribution in [3.63, 3.8) is 0 Å². The monoisotopic (exact) mass is 410 g/mol. The van der Waals surface area contributed by atoms with Gasteiger partial charge >= 0.3 is 0 Å². The maximum Gasteiger partial charge on any atom is 0.229 e. The van der Waals surface area contributed by atoms with Crippen molar-refractivity contribution in [2.75, 3.05) is 23.3 Å². The molecule has 0 bridgehead atoms. The van der Waals surface area contributed by atoms with Gasteiger partial charge in [0.1, 0.15) is 0 Å². The first-order valence-corrected chi connectivity index (χ1v) is 10.1. The van der Waals surface area contributed by atoms with E-state index in [1.807, 2.05) is 54.9 Å². The maximum atomic E-state index is 13.0. The zero-order valence-electron chi connectivity index (χ0n) is 16.5. The molecule has 1 saturated heterocycles. The van der Waals surface area contributed by atoms with Gasteiger partial charge in [-0.25, -0.2) is 4.68 Å². The molecule has 1 atom stereocenters. The lowest BCUT2D eigenvalue weighted by molar-refractivity contribution is -0.120. The van der Waals surface area contributed by atoms with Crippen molar-refractivity contribution < 1.29 is 4.79 Å². The number of amides is 1. The number of nitrogens with zero attached hydrogens (tertiary/aromatic N) is 5. The molecule has 0 radical (unpaired) electrons. The topological polar surface area (TPSA) is 75.9 Å². The number of aryl methyl sites for hydroxylation is 1. The van der Waals surface area contributed by atoms with Crippen LogP contribution in [0.2, 0.25) is 5.15 Å². The number of piperidine rings is 1. The van der Waals surface area contributed by atoms with E-state index in [1.165, 1.54) is 0 Å². The second-order valence-corrected chi connectivity index (χ2v) is 7.67. The van der Waals surface area contributed by atoms with E-state index in [0.29, 0.717) is 11.7 Å². The van der Waals surface area contributed by atoms with E-state index in [-0.39, 0.29) is 11.8 Å². The van der Waals surface area contributed by atoms with Crippen LogP contribution in [0, 0.1) is 19.8 Å². The summed E-state index contributed by atoms with van der Waals surface area (Å²) < 4.78 is 1.86. The first-order valence-electron chi connectivity index (χ1n) is 9.69. The summed E-state index contributed by atoms with van der Waals surface area (Å²) in [7, 11) is 0. The number of hydrogen-bond acceptors (Lipinski definition) is 5. The van der Waals surface area contributed by atoms with Crippen LogP contribution in [-0.2, 0) is 4.79 Å². The van der Waals surface area contributed by atoms with Crippen molar-refractivity contribution in [1.29, 1.82) is 0 Å². The molecule has 3 aromatic rings. The van der Waals surface area contributed by atoms with Crippen molar-refractivity contribution in [3.05, 3.63) is 59.0 Å². The van der Waals surface area contributed by atoms with Crippen molar-refractivity contribution in [1.82, 2.24) is 20.0 Å². The molecule has 2 aromatic heterocycles. The SMILES string of the molecule is Cc1nn(-c2ccccc2)c(C)c1NC(=O)[C@H]1CCCN(c2ccc(Cl)nn2)C1. The van der Waals surface area contributed by atoms with Crippen LogP contribution >= 0.6 is 11.6 Å². The summed E-state index contributed by atoms with van der Waals surface area (Å²) in [6.07, 6.45) is 1.76. The molecule has 0 spiro atoms. The minimum atomic E-state index is -0.125. The minimum absolute atomic E-state index is 0.00966. The van der Waals surface area contributed by atoms with Gasteiger partial charge < -0.3 is 10.2 Å². The number of hydrogen-bond donors (Lipinski definition) is 1. The van der Waals surface area contributed by atoms with E-state index in [1.54, 1.807) is 6.07 Å². The Bertz CT molecular complexity index is 1000. The fourth-order valence-electron chi connectivity index (χ4n) is 3.75.